The number of rotatable bonds is 3. The van der Waals surface area contributed by atoms with Crippen LogP contribution in [0.15, 0.2) is 36.4 Å². The van der Waals surface area contributed by atoms with E-state index >= 15 is 0 Å². The van der Waals surface area contributed by atoms with Gasteiger partial charge in [0.15, 0.2) is 0 Å². The van der Waals surface area contributed by atoms with Crippen LogP contribution >= 0.6 is 34.8 Å². The van der Waals surface area contributed by atoms with Gasteiger partial charge in [0.1, 0.15) is 11.5 Å². The summed E-state index contributed by atoms with van der Waals surface area (Å²) in [7, 11) is 0. The van der Waals surface area contributed by atoms with E-state index in [9.17, 15) is 0 Å². The summed E-state index contributed by atoms with van der Waals surface area (Å²) in [5.41, 5.74) is 6.74. The average molecular weight is 317 g/mol. The molecule has 0 aliphatic heterocycles. The minimum atomic E-state index is -0.0727. The van der Waals surface area contributed by atoms with Crippen molar-refractivity contribution < 1.29 is 4.74 Å². The Morgan fingerprint density at radius 3 is 2.26 bits per heavy atom. The van der Waals surface area contributed by atoms with Crippen molar-refractivity contribution in [3.8, 4) is 11.5 Å². The molecule has 1 unspecified atom stereocenters. The van der Waals surface area contributed by atoms with E-state index in [-0.39, 0.29) is 6.04 Å². The van der Waals surface area contributed by atoms with Crippen molar-refractivity contribution in [2.24, 2.45) is 5.73 Å². The van der Waals surface area contributed by atoms with Gasteiger partial charge in [-0.15, -0.1) is 0 Å². The third kappa shape index (κ3) is 3.54. The Morgan fingerprint density at radius 1 is 0.947 bits per heavy atom. The van der Waals surface area contributed by atoms with Crippen LogP contribution < -0.4 is 10.5 Å². The third-order valence-electron chi connectivity index (χ3n) is 2.60. The Balaban J connectivity index is 2.25. The standard InChI is InChI=1S/C14H12Cl3NO/c1-8(18)9-2-5-14(13(17)6-9)19-10-3-4-11(15)12(16)7-10/h2-8H,18H2,1H3. The highest BCUT2D eigenvalue weighted by atomic mass is 35.5. The molecule has 5 heteroatoms. The minimum absolute atomic E-state index is 0.0727. The first-order valence-corrected chi connectivity index (χ1v) is 6.78. The summed E-state index contributed by atoms with van der Waals surface area (Å²) >= 11 is 17.9. The molecule has 0 fully saturated rings. The van der Waals surface area contributed by atoms with Crippen molar-refractivity contribution in [2.75, 3.05) is 0 Å². The molecule has 19 heavy (non-hydrogen) atoms. The average Bonchev–Trinajstić information content (AvgIpc) is 2.36. The Hall–Kier alpha value is -0.930. The molecular weight excluding hydrogens is 305 g/mol. The highest BCUT2D eigenvalue weighted by Crippen LogP contribution is 2.33. The van der Waals surface area contributed by atoms with Crippen molar-refractivity contribution in [3.63, 3.8) is 0 Å². The highest BCUT2D eigenvalue weighted by molar-refractivity contribution is 6.42. The predicted molar refractivity (Wildman–Crippen MR) is 80.6 cm³/mol. The number of halogens is 3. The monoisotopic (exact) mass is 315 g/mol. The summed E-state index contributed by atoms with van der Waals surface area (Å²) in [6.45, 7) is 1.89. The van der Waals surface area contributed by atoms with Crippen LogP contribution in [-0.4, -0.2) is 0 Å². The summed E-state index contributed by atoms with van der Waals surface area (Å²) in [6, 6.07) is 10.4. The van der Waals surface area contributed by atoms with Gasteiger partial charge in [0.2, 0.25) is 0 Å². The van der Waals surface area contributed by atoms with E-state index in [0.717, 1.165) is 5.56 Å². The quantitative estimate of drug-likeness (QED) is 0.816. The van der Waals surface area contributed by atoms with Gasteiger partial charge >= 0.3 is 0 Å². The van der Waals surface area contributed by atoms with Gasteiger partial charge in [-0.1, -0.05) is 40.9 Å². The SMILES string of the molecule is CC(N)c1ccc(Oc2ccc(Cl)c(Cl)c2)c(Cl)c1. The fraction of sp³-hybridized carbons (Fsp3) is 0.143. The lowest BCUT2D eigenvalue weighted by Gasteiger charge is -2.11. The maximum absolute atomic E-state index is 6.15. The first-order chi connectivity index (χ1) is 8.97. The number of ether oxygens (including phenoxy) is 1. The zero-order chi connectivity index (χ0) is 14.0. The van der Waals surface area contributed by atoms with Gasteiger partial charge in [-0.05, 0) is 36.8 Å². The molecule has 2 nitrogen and oxygen atoms in total. The second kappa shape index (κ2) is 6.02. The van der Waals surface area contributed by atoms with Crippen molar-refractivity contribution in [1.82, 2.24) is 0 Å². The van der Waals surface area contributed by atoms with Crippen LogP contribution in [0.1, 0.15) is 18.5 Å². The lowest BCUT2D eigenvalue weighted by molar-refractivity contribution is 0.482. The molecule has 0 spiro atoms. The van der Waals surface area contributed by atoms with Crippen LogP contribution in [0.25, 0.3) is 0 Å². The second-order valence-electron chi connectivity index (χ2n) is 4.16. The van der Waals surface area contributed by atoms with Gasteiger partial charge < -0.3 is 10.5 Å². The molecule has 0 radical (unpaired) electrons. The van der Waals surface area contributed by atoms with Crippen molar-refractivity contribution in [2.45, 2.75) is 13.0 Å². The van der Waals surface area contributed by atoms with E-state index in [0.29, 0.717) is 26.6 Å². The second-order valence-corrected chi connectivity index (χ2v) is 5.38. The van der Waals surface area contributed by atoms with Crippen LogP contribution in [0.3, 0.4) is 0 Å². The van der Waals surface area contributed by atoms with Crippen LogP contribution in [0, 0.1) is 0 Å². The largest absolute Gasteiger partial charge is 0.456 e. The van der Waals surface area contributed by atoms with E-state index in [2.05, 4.69) is 0 Å². The summed E-state index contributed by atoms with van der Waals surface area (Å²) in [6.07, 6.45) is 0. The first kappa shape index (κ1) is 14.5. The van der Waals surface area contributed by atoms with Crippen LogP contribution in [0.4, 0.5) is 0 Å². The highest BCUT2D eigenvalue weighted by Gasteiger charge is 2.08. The Kier molecular flexibility index (Phi) is 4.58. The van der Waals surface area contributed by atoms with Crippen molar-refractivity contribution in [3.05, 3.63) is 57.0 Å². The molecule has 100 valence electrons. The molecule has 2 rings (SSSR count). The van der Waals surface area contributed by atoms with Crippen LogP contribution in [0.5, 0.6) is 11.5 Å². The third-order valence-corrected chi connectivity index (χ3v) is 3.63. The maximum atomic E-state index is 6.15. The van der Waals surface area contributed by atoms with Gasteiger partial charge in [0, 0.05) is 12.1 Å². The molecule has 0 saturated heterocycles. The minimum Gasteiger partial charge on any atom is -0.456 e. The smallest absolute Gasteiger partial charge is 0.146 e. The molecule has 2 aromatic rings. The predicted octanol–water partition coefficient (Wildman–Crippen LogP) is 5.46. The van der Waals surface area contributed by atoms with Gasteiger partial charge in [0.05, 0.1) is 15.1 Å². The number of hydrogen-bond donors (Lipinski definition) is 1. The van der Waals surface area contributed by atoms with Crippen molar-refractivity contribution in [1.29, 1.82) is 0 Å². The van der Waals surface area contributed by atoms with E-state index in [4.69, 9.17) is 45.3 Å². The Labute approximate surface area is 127 Å². The van der Waals surface area contributed by atoms with Gasteiger partial charge in [-0.25, -0.2) is 0 Å². The van der Waals surface area contributed by atoms with E-state index < -0.39 is 0 Å². The molecule has 0 aliphatic rings. The van der Waals surface area contributed by atoms with E-state index in [1.165, 1.54) is 0 Å². The zero-order valence-corrected chi connectivity index (χ0v) is 12.4. The van der Waals surface area contributed by atoms with E-state index in [1.54, 1.807) is 30.3 Å². The topological polar surface area (TPSA) is 35.2 Å². The summed E-state index contributed by atoms with van der Waals surface area (Å²) in [5, 5.41) is 1.41. The maximum Gasteiger partial charge on any atom is 0.146 e. The summed E-state index contributed by atoms with van der Waals surface area (Å²) in [4.78, 5) is 0. The molecular formula is C14H12Cl3NO. The molecule has 0 saturated carbocycles. The molecule has 2 aromatic carbocycles. The van der Waals surface area contributed by atoms with Gasteiger partial charge in [-0.3, -0.25) is 0 Å². The normalized spacial score (nSPS) is 12.3. The zero-order valence-electron chi connectivity index (χ0n) is 10.2. The summed E-state index contributed by atoms with van der Waals surface area (Å²) in [5.74, 6) is 1.12. The number of nitrogens with two attached hydrogens (primary N) is 1. The number of benzene rings is 2. The molecule has 0 aromatic heterocycles. The number of hydrogen-bond acceptors (Lipinski definition) is 2. The Bertz CT molecular complexity index is 599. The molecule has 1 atom stereocenters. The van der Waals surface area contributed by atoms with E-state index in [1.807, 2.05) is 13.0 Å². The molecule has 0 heterocycles. The lowest BCUT2D eigenvalue weighted by Crippen LogP contribution is -2.04. The fourth-order valence-electron chi connectivity index (χ4n) is 1.55. The molecule has 0 aliphatic carbocycles. The van der Waals surface area contributed by atoms with Crippen molar-refractivity contribution >= 4 is 34.8 Å². The first-order valence-electron chi connectivity index (χ1n) is 5.65. The van der Waals surface area contributed by atoms with Crippen LogP contribution in [0.2, 0.25) is 15.1 Å². The van der Waals surface area contributed by atoms with Gasteiger partial charge in [-0.2, -0.15) is 0 Å². The van der Waals surface area contributed by atoms with Crippen LogP contribution in [-0.2, 0) is 0 Å². The van der Waals surface area contributed by atoms with Gasteiger partial charge in [0.25, 0.3) is 0 Å². The fourth-order valence-corrected chi connectivity index (χ4v) is 2.07. The molecule has 0 bridgehead atoms. The lowest BCUT2D eigenvalue weighted by atomic mass is 10.1. The molecule has 0 amide bonds. The summed E-state index contributed by atoms with van der Waals surface area (Å²) < 4.78 is 5.66. The Morgan fingerprint density at radius 2 is 1.68 bits per heavy atom. The molecule has 2 N–H and O–H groups in total.